The summed E-state index contributed by atoms with van der Waals surface area (Å²) in [6, 6.07) is 8.95. The van der Waals surface area contributed by atoms with Crippen molar-refractivity contribution in [3.63, 3.8) is 0 Å². The molecule has 0 aliphatic heterocycles. The normalized spacial score (nSPS) is 11.1. The molecule has 20 heavy (non-hydrogen) atoms. The Labute approximate surface area is 112 Å². The number of benzene rings is 2. The van der Waals surface area contributed by atoms with Gasteiger partial charge in [-0.1, -0.05) is 6.07 Å². The predicted molar refractivity (Wildman–Crippen MR) is 72.9 cm³/mol. The molecule has 0 saturated heterocycles. The molecule has 1 heterocycles. The summed E-state index contributed by atoms with van der Waals surface area (Å²) >= 11 is 0. The van der Waals surface area contributed by atoms with Crippen molar-refractivity contribution in [1.82, 2.24) is 0 Å². The van der Waals surface area contributed by atoms with Crippen LogP contribution in [0.15, 0.2) is 45.6 Å². The van der Waals surface area contributed by atoms with Gasteiger partial charge in [-0.3, -0.25) is 4.79 Å². The third-order valence-electron chi connectivity index (χ3n) is 3.16. The van der Waals surface area contributed by atoms with Gasteiger partial charge in [0.1, 0.15) is 11.2 Å². The molecule has 0 radical (unpaired) electrons. The van der Waals surface area contributed by atoms with Crippen molar-refractivity contribution in [2.45, 2.75) is 6.61 Å². The monoisotopic (exact) mass is 270 g/mol. The van der Waals surface area contributed by atoms with Crippen LogP contribution in [0.3, 0.4) is 0 Å². The molecule has 100 valence electrons. The second kappa shape index (κ2) is 4.47. The highest BCUT2D eigenvalue weighted by atomic mass is 16.4. The molecule has 0 amide bonds. The maximum absolute atomic E-state index is 12.3. The summed E-state index contributed by atoms with van der Waals surface area (Å²) in [6.45, 7) is -0.143. The van der Waals surface area contributed by atoms with Gasteiger partial charge < -0.3 is 14.6 Å². The lowest BCUT2D eigenvalue weighted by molar-refractivity contribution is 0.0697. The molecule has 1 aromatic heterocycles. The van der Waals surface area contributed by atoms with Crippen molar-refractivity contribution in [3.8, 4) is 0 Å². The smallest absolute Gasteiger partial charge is 0.335 e. The summed E-state index contributed by atoms with van der Waals surface area (Å²) in [5.41, 5.74) is 1.09. The number of aliphatic hydroxyl groups excluding tert-OH is 1. The molecule has 0 unspecified atom stereocenters. The van der Waals surface area contributed by atoms with E-state index in [0.717, 1.165) is 0 Å². The average Bonchev–Trinajstić information content (AvgIpc) is 2.46. The van der Waals surface area contributed by atoms with Gasteiger partial charge in [-0.2, -0.15) is 0 Å². The van der Waals surface area contributed by atoms with Crippen LogP contribution in [0.1, 0.15) is 15.9 Å². The Hall–Kier alpha value is -2.66. The number of carboxylic acid groups (broad SMARTS) is 1. The molecule has 0 spiro atoms. The molecule has 0 aliphatic carbocycles. The maximum Gasteiger partial charge on any atom is 0.335 e. The first-order valence-corrected chi connectivity index (χ1v) is 5.94. The Morgan fingerprint density at radius 3 is 2.55 bits per heavy atom. The molecule has 0 aliphatic rings. The summed E-state index contributed by atoms with van der Waals surface area (Å²) in [7, 11) is 0. The number of hydrogen-bond acceptors (Lipinski definition) is 4. The molecule has 0 saturated carbocycles. The van der Waals surface area contributed by atoms with Crippen molar-refractivity contribution >= 4 is 27.9 Å². The zero-order valence-electron chi connectivity index (χ0n) is 10.3. The van der Waals surface area contributed by atoms with Crippen molar-refractivity contribution in [3.05, 3.63) is 57.7 Å². The van der Waals surface area contributed by atoms with Gasteiger partial charge in [0.25, 0.3) is 0 Å². The fourth-order valence-corrected chi connectivity index (χ4v) is 2.13. The van der Waals surface area contributed by atoms with E-state index in [9.17, 15) is 9.59 Å². The largest absolute Gasteiger partial charge is 0.478 e. The Morgan fingerprint density at radius 2 is 1.85 bits per heavy atom. The van der Waals surface area contributed by atoms with Crippen LogP contribution in [0.2, 0.25) is 0 Å². The van der Waals surface area contributed by atoms with Crippen LogP contribution < -0.4 is 5.43 Å². The van der Waals surface area contributed by atoms with Crippen LogP contribution in [-0.4, -0.2) is 16.2 Å². The van der Waals surface area contributed by atoms with Gasteiger partial charge in [0, 0.05) is 0 Å². The Kier molecular flexibility index (Phi) is 2.76. The second-order valence-corrected chi connectivity index (χ2v) is 4.44. The molecule has 5 nitrogen and oxygen atoms in total. The topological polar surface area (TPSA) is 87.7 Å². The summed E-state index contributed by atoms with van der Waals surface area (Å²) in [5, 5.41) is 18.6. The van der Waals surface area contributed by atoms with Gasteiger partial charge in [-0.15, -0.1) is 0 Å². The van der Waals surface area contributed by atoms with E-state index in [1.807, 2.05) is 0 Å². The number of carboxylic acids is 1. The highest BCUT2D eigenvalue weighted by Crippen LogP contribution is 2.20. The van der Waals surface area contributed by atoms with Crippen molar-refractivity contribution < 1.29 is 19.4 Å². The van der Waals surface area contributed by atoms with E-state index in [4.69, 9.17) is 14.6 Å². The first-order chi connectivity index (χ1) is 9.60. The van der Waals surface area contributed by atoms with Crippen LogP contribution in [0.4, 0.5) is 0 Å². The standard InChI is InChI=1S/C15H10O5/c16-7-8-1-3-10-13(5-8)20-12-4-2-9(15(18)19)6-11(12)14(10)17/h1-6,16H,7H2,(H,18,19). The van der Waals surface area contributed by atoms with Crippen LogP contribution in [0.5, 0.6) is 0 Å². The number of rotatable bonds is 2. The molecule has 3 rings (SSSR count). The Morgan fingerprint density at radius 1 is 1.05 bits per heavy atom. The average molecular weight is 270 g/mol. The number of aromatic carboxylic acids is 1. The van der Waals surface area contributed by atoms with Gasteiger partial charge >= 0.3 is 5.97 Å². The summed E-state index contributed by atoms with van der Waals surface area (Å²) < 4.78 is 5.60. The van der Waals surface area contributed by atoms with E-state index < -0.39 is 5.97 Å². The van der Waals surface area contributed by atoms with Crippen molar-refractivity contribution in [1.29, 1.82) is 0 Å². The molecule has 0 bridgehead atoms. The summed E-state index contributed by atoms with van der Waals surface area (Å²) in [4.78, 5) is 23.3. The zero-order valence-corrected chi connectivity index (χ0v) is 10.3. The predicted octanol–water partition coefficient (Wildman–Crippen LogP) is 2.14. The first-order valence-electron chi connectivity index (χ1n) is 5.94. The van der Waals surface area contributed by atoms with E-state index in [0.29, 0.717) is 22.1 Å². The molecule has 5 heteroatoms. The quantitative estimate of drug-likeness (QED) is 0.696. The van der Waals surface area contributed by atoms with E-state index in [2.05, 4.69) is 0 Å². The SMILES string of the molecule is O=C(O)c1ccc2oc3cc(CO)ccc3c(=O)c2c1. The van der Waals surface area contributed by atoms with Crippen LogP contribution in [0, 0.1) is 0 Å². The number of hydrogen-bond donors (Lipinski definition) is 2. The van der Waals surface area contributed by atoms with Gasteiger partial charge in [0.15, 0.2) is 0 Å². The Bertz CT molecular complexity index is 892. The number of fused-ring (bicyclic) bond motifs is 2. The molecule has 2 aromatic carbocycles. The second-order valence-electron chi connectivity index (χ2n) is 4.44. The molecular formula is C15H10O5. The van der Waals surface area contributed by atoms with Gasteiger partial charge in [0.05, 0.1) is 22.9 Å². The molecular weight excluding hydrogens is 260 g/mol. The zero-order chi connectivity index (χ0) is 14.3. The van der Waals surface area contributed by atoms with Crippen LogP contribution >= 0.6 is 0 Å². The van der Waals surface area contributed by atoms with Crippen molar-refractivity contribution in [2.75, 3.05) is 0 Å². The minimum atomic E-state index is -1.10. The third kappa shape index (κ3) is 1.85. The van der Waals surface area contributed by atoms with Crippen molar-refractivity contribution in [2.24, 2.45) is 0 Å². The lowest BCUT2D eigenvalue weighted by Crippen LogP contribution is -2.04. The highest BCUT2D eigenvalue weighted by molar-refractivity contribution is 5.96. The Balaban J connectivity index is 2.40. The van der Waals surface area contributed by atoms with E-state index in [1.54, 1.807) is 18.2 Å². The molecule has 2 N–H and O–H groups in total. The molecule has 0 fully saturated rings. The van der Waals surface area contributed by atoms with Gasteiger partial charge in [0.2, 0.25) is 5.43 Å². The lowest BCUT2D eigenvalue weighted by Gasteiger charge is -2.03. The van der Waals surface area contributed by atoms with E-state index >= 15 is 0 Å². The fraction of sp³-hybridized carbons (Fsp3) is 0.0667. The highest BCUT2D eigenvalue weighted by Gasteiger charge is 2.11. The van der Waals surface area contributed by atoms with Crippen LogP contribution in [-0.2, 0) is 6.61 Å². The summed E-state index contributed by atoms with van der Waals surface area (Å²) in [6.07, 6.45) is 0. The number of carbonyl (C=O) groups is 1. The lowest BCUT2D eigenvalue weighted by atomic mass is 10.1. The van der Waals surface area contributed by atoms with Gasteiger partial charge in [-0.25, -0.2) is 4.79 Å². The third-order valence-corrected chi connectivity index (χ3v) is 3.16. The molecule has 3 aromatic rings. The minimum Gasteiger partial charge on any atom is -0.478 e. The minimum absolute atomic E-state index is 0.0381. The van der Waals surface area contributed by atoms with Crippen LogP contribution in [0.25, 0.3) is 21.9 Å². The number of aliphatic hydroxyl groups is 1. The first kappa shape index (κ1) is 12.4. The summed E-state index contributed by atoms with van der Waals surface area (Å²) in [5.74, 6) is -1.10. The van der Waals surface area contributed by atoms with E-state index in [-0.39, 0.29) is 23.0 Å². The fourth-order valence-electron chi connectivity index (χ4n) is 2.13. The van der Waals surface area contributed by atoms with Gasteiger partial charge in [-0.05, 0) is 35.9 Å². The molecule has 0 atom stereocenters. The maximum atomic E-state index is 12.3. The van der Waals surface area contributed by atoms with E-state index in [1.165, 1.54) is 18.2 Å².